The van der Waals surface area contributed by atoms with E-state index in [-0.39, 0.29) is 19.2 Å². The first-order valence-corrected chi connectivity index (χ1v) is 10.6. The lowest BCUT2D eigenvalue weighted by Gasteiger charge is -2.08. The van der Waals surface area contributed by atoms with E-state index in [1.807, 2.05) is 20.8 Å². The molecule has 3 aromatic rings. The Kier molecular flexibility index (Phi) is 6.69. The summed E-state index contributed by atoms with van der Waals surface area (Å²) in [6, 6.07) is 6.65. The van der Waals surface area contributed by atoms with Crippen LogP contribution in [-0.2, 0) is 20.8 Å². The van der Waals surface area contributed by atoms with Gasteiger partial charge in [0.1, 0.15) is 12.2 Å². The summed E-state index contributed by atoms with van der Waals surface area (Å²) >= 11 is 1.20. The summed E-state index contributed by atoms with van der Waals surface area (Å²) in [5, 5.41) is 4.36. The van der Waals surface area contributed by atoms with Gasteiger partial charge in [-0.05, 0) is 52.0 Å². The summed E-state index contributed by atoms with van der Waals surface area (Å²) < 4.78 is 13.8. The van der Waals surface area contributed by atoms with E-state index >= 15 is 0 Å². The van der Waals surface area contributed by atoms with Crippen LogP contribution in [-0.4, -0.2) is 45.9 Å². The van der Waals surface area contributed by atoms with Gasteiger partial charge in [-0.15, -0.1) is 0 Å². The number of esters is 2. The molecule has 0 atom stereocenters. The minimum absolute atomic E-state index is 0.0143. The second kappa shape index (κ2) is 9.25. The molecule has 9 nitrogen and oxygen atoms in total. The number of thiazole rings is 1. The molecule has 2 heterocycles. The SMILES string of the molecule is CCOC(=O)c1ccc2c(c1)sc(=NC(=O)c1cc(C)nn1C(C)C)n2CC(=O)OC. The molecule has 0 spiro atoms. The number of amides is 1. The number of aryl methyl sites for hydroxylation is 1. The third-order valence-electron chi connectivity index (χ3n) is 4.47. The van der Waals surface area contributed by atoms with Crippen LogP contribution in [0.25, 0.3) is 10.2 Å². The number of rotatable bonds is 6. The maximum atomic E-state index is 13.0. The Morgan fingerprint density at radius 1 is 1.23 bits per heavy atom. The molecular weight excluding hydrogens is 420 g/mol. The number of nitrogens with zero attached hydrogens (tertiary/aromatic N) is 4. The molecule has 0 unspecified atom stereocenters. The number of methoxy groups -OCH3 is 1. The Morgan fingerprint density at radius 2 is 1.97 bits per heavy atom. The maximum Gasteiger partial charge on any atom is 0.338 e. The second-order valence-corrected chi connectivity index (χ2v) is 8.09. The summed E-state index contributed by atoms with van der Waals surface area (Å²) in [5.74, 6) is -1.39. The van der Waals surface area contributed by atoms with Crippen molar-refractivity contribution in [3.05, 3.63) is 46.0 Å². The first kappa shape index (κ1) is 22.4. The summed E-state index contributed by atoms with van der Waals surface area (Å²) in [6.45, 7) is 7.54. The molecule has 0 aliphatic heterocycles. The molecule has 10 heteroatoms. The van der Waals surface area contributed by atoms with Gasteiger partial charge in [-0.2, -0.15) is 10.1 Å². The molecule has 0 bridgehead atoms. The van der Waals surface area contributed by atoms with Crippen LogP contribution < -0.4 is 4.80 Å². The first-order chi connectivity index (χ1) is 14.7. The molecule has 0 radical (unpaired) electrons. The zero-order chi connectivity index (χ0) is 22.7. The van der Waals surface area contributed by atoms with E-state index in [1.165, 1.54) is 18.4 Å². The smallest absolute Gasteiger partial charge is 0.338 e. The highest BCUT2D eigenvalue weighted by Gasteiger charge is 2.18. The average molecular weight is 445 g/mol. The minimum Gasteiger partial charge on any atom is -0.468 e. The summed E-state index contributed by atoms with van der Waals surface area (Å²) in [4.78, 5) is 41.6. The van der Waals surface area contributed by atoms with Crippen molar-refractivity contribution < 1.29 is 23.9 Å². The quantitative estimate of drug-likeness (QED) is 0.542. The van der Waals surface area contributed by atoms with E-state index in [9.17, 15) is 14.4 Å². The largest absolute Gasteiger partial charge is 0.468 e. The van der Waals surface area contributed by atoms with Crippen LogP contribution in [0.1, 0.15) is 53.4 Å². The Labute approximate surface area is 182 Å². The molecule has 164 valence electrons. The molecule has 31 heavy (non-hydrogen) atoms. The lowest BCUT2D eigenvalue weighted by atomic mass is 10.2. The molecular formula is C21H24N4O5S. The molecule has 0 saturated heterocycles. The molecule has 1 amide bonds. The number of fused-ring (bicyclic) bond motifs is 1. The second-order valence-electron chi connectivity index (χ2n) is 7.08. The number of carbonyl (C=O) groups is 3. The molecule has 0 N–H and O–H groups in total. The average Bonchev–Trinajstić information content (AvgIpc) is 3.28. The summed E-state index contributed by atoms with van der Waals surface area (Å²) in [5.41, 5.74) is 2.11. The highest BCUT2D eigenvalue weighted by atomic mass is 32.1. The number of aromatic nitrogens is 3. The molecule has 1 aromatic carbocycles. The highest BCUT2D eigenvalue weighted by molar-refractivity contribution is 7.16. The fourth-order valence-electron chi connectivity index (χ4n) is 3.06. The van der Waals surface area contributed by atoms with E-state index in [0.29, 0.717) is 32.0 Å². The zero-order valence-corrected chi connectivity index (χ0v) is 18.9. The molecule has 2 aromatic heterocycles. The monoisotopic (exact) mass is 444 g/mol. The van der Waals surface area contributed by atoms with Crippen molar-refractivity contribution in [3.8, 4) is 0 Å². The van der Waals surface area contributed by atoms with Gasteiger partial charge in [0.05, 0.1) is 35.2 Å². The fourth-order valence-corrected chi connectivity index (χ4v) is 4.13. The molecule has 0 saturated carbocycles. The van der Waals surface area contributed by atoms with Crippen molar-refractivity contribution in [3.63, 3.8) is 0 Å². The fraction of sp³-hybridized carbons (Fsp3) is 0.381. The van der Waals surface area contributed by atoms with Gasteiger partial charge in [0.2, 0.25) is 0 Å². The third kappa shape index (κ3) is 4.74. The number of ether oxygens (including phenoxy) is 2. The van der Waals surface area contributed by atoms with Crippen molar-refractivity contribution in [2.24, 2.45) is 4.99 Å². The number of benzene rings is 1. The van der Waals surface area contributed by atoms with Gasteiger partial charge in [0, 0.05) is 6.04 Å². The van der Waals surface area contributed by atoms with Crippen LogP contribution in [0.2, 0.25) is 0 Å². The van der Waals surface area contributed by atoms with Crippen molar-refractivity contribution in [2.75, 3.05) is 13.7 Å². The minimum atomic E-state index is -0.480. The van der Waals surface area contributed by atoms with Gasteiger partial charge >= 0.3 is 11.9 Å². The van der Waals surface area contributed by atoms with Crippen molar-refractivity contribution >= 4 is 39.4 Å². The van der Waals surface area contributed by atoms with Gasteiger partial charge in [-0.25, -0.2) is 4.79 Å². The van der Waals surface area contributed by atoms with Crippen LogP contribution in [0.5, 0.6) is 0 Å². The Hall–Kier alpha value is -3.27. The molecule has 0 fully saturated rings. The Morgan fingerprint density at radius 3 is 2.61 bits per heavy atom. The standard InChI is InChI=1S/C21H24N4O5S/c1-6-30-20(28)14-7-8-15-17(10-14)31-21(24(15)11-18(26)29-5)22-19(27)16-9-13(4)23-25(16)12(2)3/h7-10,12H,6,11H2,1-5H3. The lowest BCUT2D eigenvalue weighted by molar-refractivity contribution is -0.141. The number of hydrogen-bond donors (Lipinski definition) is 0. The van der Waals surface area contributed by atoms with Crippen LogP contribution >= 0.6 is 11.3 Å². The Balaban J connectivity index is 2.15. The van der Waals surface area contributed by atoms with E-state index in [2.05, 4.69) is 10.1 Å². The predicted molar refractivity (Wildman–Crippen MR) is 115 cm³/mol. The highest BCUT2D eigenvalue weighted by Crippen LogP contribution is 2.20. The molecule has 3 rings (SSSR count). The lowest BCUT2D eigenvalue weighted by Crippen LogP contribution is -2.23. The van der Waals surface area contributed by atoms with Gasteiger partial charge < -0.3 is 14.0 Å². The van der Waals surface area contributed by atoms with Crippen molar-refractivity contribution in [1.29, 1.82) is 0 Å². The van der Waals surface area contributed by atoms with Crippen LogP contribution in [0.15, 0.2) is 29.3 Å². The topological polar surface area (TPSA) is 105 Å². The van der Waals surface area contributed by atoms with Gasteiger partial charge in [0.15, 0.2) is 4.80 Å². The van der Waals surface area contributed by atoms with Gasteiger partial charge in [-0.3, -0.25) is 14.3 Å². The van der Waals surface area contributed by atoms with E-state index in [1.54, 1.807) is 40.4 Å². The van der Waals surface area contributed by atoms with Crippen LogP contribution in [0.3, 0.4) is 0 Å². The van der Waals surface area contributed by atoms with Crippen LogP contribution in [0, 0.1) is 6.92 Å². The number of hydrogen-bond acceptors (Lipinski definition) is 7. The molecule has 0 aliphatic rings. The zero-order valence-electron chi connectivity index (χ0n) is 18.0. The summed E-state index contributed by atoms with van der Waals surface area (Å²) in [7, 11) is 1.29. The maximum absolute atomic E-state index is 13.0. The van der Waals surface area contributed by atoms with Gasteiger partial charge in [-0.1, -0.05) is 11.3 Å². The van der Waals surface area contributed by atoms with Crippen LogP contribution in [0.4, 0.5) is 0 Å². The summed E-state index contributed by atoms with van der Waals surface area (Å²) in [6.07, 6.45) is 0. The van der Waals surface area contributed by atoms with Crippen molar-refractivity contribution in [2.45, 2.75) is 40.3 Å². The first-order valence-electron chi connectivity index (χ1n) is 9.77. The van der Waals surface area contributed by atoms with E-state index < -0.39 is 17.8 Å². The third-order valence-corrected chi connectivity index (χ3v) is 5.51. The predicted octanol–water partition coefficient (Wildman–Crippen LogP) is 2.88. The normalized spacial score (nSPS) is 11.9. The van der Waals surface area contributed by atoms with Gasteiger partial charge in [0.25, 0.3) is 5.91 Å². The molecule has 0 aliphatic carbocycles. The number of carbonyl (C=O) groups excluding carboxylic acids is 3. The van der Waals surface area contributed by atoms with E-state index in [0.717, 1.165) is 0 Å². The Bertz CT molecular complexity index is 1220. The van der Waals surface area contributed by atoms with E-state index in [4.69, 9.17) is 9.47 Å². The van der Waals surface area contributed by atoms with Crippen molar-refractivity contribution in [1.82, 2.24) is 14.3 Å².